The maximum atomic E-state index is 4.33. The molecule has 0 N–H and O–H groups in total. The summed E-state index contributed by atoms with van der Waals surface area (Å²) in [4.78, 5) is 0. The summed E-state index contributed by atoms with van der Waals surface area (Å²) in [5.74, 6) is 1.86. The van der Waals surface area contributed by atoms with Crippen LogP contribution in [0.3, 0.4) is 0 Å². The van der Waals surface area contributed by atoms with Crippen molar-refractivity contribution in [3.8, 4) is 0 Å². The Morgan fingerprint density at radius 1 is 0.789 bits per heavy atom. The number of hydrogen-bond donors (Lipinski definition) is 0. The van der Waals surface area contributed by atoms with Crippen LogP contribution in [0.25, 0.3) is 0 Å². The van der Waals surface area contributed by atoms with Crippen LogP contribution in [0.4, 0.5) is 0 Å². The van der Waals surface area contributed by atoms with Gasteiger partial charge in [0.2, 0.25) is 0 Å². The van der Waals surface area contributed by atoms with Gasteiger partial charge in [0.1, 0.15) is 0 Å². The first-order valence-corrected chi connectivity index (χ1v) is 8.84. The monoisotopic (exact) mass is 266 g/mol. The van der Waals surface area contributed by atoms with E-state index in [-0.39, 0.29) is 0 Å². The van der Waals surface area contributed by atoms with Crippen LogP contribution in [0.2, 0.25) is 0 Å². The fourth-order valence-electron chi connectivity index (χ4n) is 3.28. The fraction of sp³-hybridized carbons (Fsp3) is 0.895. The molecular formula is C19H38. The van der Waals surface area contributed by atoms with Gasteiger partial charge in [-0.05, 0) is 31.1 Å². The maximum Gasteiger partial charge on any atom is -0.0294 e. The second-order valence-corrected chi connectivity index (χ2v) is 6.35. The van der Waals surface area contributed by atoms with Crippen LogP contribution in [0.1, 0.15) is 98.3 Å². The Labute approximate surface area is 123 Å². The van der Waals surface area contributed by atoms with E-state index in [4.69, 9.17) is 0 Å². The first kappa shape index (κ1) is 18.7. The highest BCUT2D eigenvalue weighted by molar-refractivity contribution is 4.95. The fourth-order valence-corrected chi connectivity index (χ4v) is 3.28. The van der Waals surface area contributed by atoms with Crippen molar-refractivity contribution in [1.29, 1.82) is 0 Å². The summed E-state index contributed by atoms with van der Waals surface area (Å²) in [6, 6.07) is 0. The van der Waals surface area contributed by atoms with Crippen LogP contribution in [0, 0.1) is 11.8 Å². The normalized spacial score (nSPS) is 12.9. The van der Waals surface area contributed by atoms with Crippen molar-refractivity contribution in [2.75, 3.05) is 0 Å². The first-order chi connectivity index (χ1) is 9.17. The van der Waals surface area contributed by atoms with Crippen LogP contribution < -0.4 is 0 Å². The van der Waals surface area contributed by atoms with Gasteiger partial charge in [-0.25, -0.2) is 0 Å². The molecule has 0 bridgehead atoms. The Morgan fingerprint density at radius 2 is 1.32 bits per heavy atom. The second kappa shape index (κ2) is 12.8. The van der Waals surface area contributed by atoms with Crippen molar-refractivity contribution >= 4 is 0 Å². The number of allylic oxidation sites excluding steroid dienone is 1. The van der Waals surface area contributed by atoms with Gasteiger partial charge in [-0.3, -0.25) is 0 Å². The maximum absolute atomic E-state index is 4.33. The quantitative estimate of drug-likeness (QED) is 0.311. The molecule has 0 fully saturated rings. The summed E-state index contributed by atoms with van der Waals surface area (Å²) >= 11 is 0. The van der Waals surface area contributed by atoms with E-state index in [9.17, 15) is 0 Å². The molecule has 1 atom stereocenters. The summed E-state index contributed by atoms with van der Waals surface area (Å²) < 4.78 is 0. The van der Waals surface area contributed by atoms with Crippen LogP contribution >= 0.6 is 0 Å². The van der Waals surface area contributed by atoms with Gasteiger partial charge in [-0.15, -0.1) is 0 Å². The zero-order valence-electron chi connectivity index (χ0n) is 14.1. The van der Waals surface area contributed by atoms with Crippen LogP contribution in [0.15, 0.2) is 12.2 Å². The number of hydrogen-bond acceptors (Lipinski definition) is 0. The van der Waals surface area contributed by atoms with E-state index in [0.29, 0.717) is 0 Å². The van der Waals surface area contributed by atoms with E-state index in [0.717, 1.165) is 11.8 Å². The van der Waals surface area contributed by atoms with Crippen molar-refractivity contribution < 1.29 is 0 Å². The van der Waals surface area contributed by atoms with Gasteiger partial charge in [0, 0.05) is 0 Å². The zero-order chi connectivity index (χ0) is 14.5. The molecule has 0 saturated carbocycles. The zero-order valence-corrected chi connectivity index (χ0v) is 14.1. The molecule has 0 aliphatic carbocycles. The Hall–Kier alpha value is -0.260. The van der Waals surface area contributed by atoms with E-state index in [1.54, 1.807) is 0 Å². The lowest BCUT2D eigenvalue weighted by molar-refractivity contribution is 0.407. The van der Waals surface area contributed by atoms with Crippen molar-refractivity contribution in [3.63, 3.8) is 0 Å². The molecule has 114 valence electrons. The molecule has 1 unspecified atom stereocenters. The molecule has 0 spiro atoms. The lowest BCUT2D eigenvalue weighted by Crippen LogP contribution is -2.02. The highest BCUT2D eigenvalue weighted by atomic mass is 14.2. The molecule has 19 heavy (non-hydrogen) atoms. The second-order valence-electron chi connectivity index (χ2n) is 6.35. The minimum atomic E-state index is 0.903. The van der Waals surface area contributed by atoms with Gasteiger partial charge in [-0.1, -0.05) is 91.2 Å². The Bertz CT molecular complexity index is 198. The van der Waals surface area contributed by atoms with E-state index in [1.807, 2.05) is 0 Å². The topological polar surface area (TPSA) is 0 Å². The Morgan fingerprint density at radius 3 is 1.79 bits per heavy atom. The molecule has 0 heteroatoms. The molecule has 0 saturated heterocycles. The predicted molar refractivity (Wildman–Crippen MR) is 89.6 cm³/mol. The molecule has 0 aliphatic rings. The summed E-state index contributed by atoms with van der Waals surface area (Å²) in [5.41, 5.74) is 1.51. The summed E-state index contributed by atoms with van der Waals surface area (Å²) in [6.45, 7) is 13.6. The largest absolute Gasteiger partial charge is 0.0999 e. The molecule has 0 radical (unpaired) electrons. The van der Waals surface area contributed by atoms with Crippen molar-refractivity contribution in [2.24, 2.45) is 11.8 Å². The third kappa shape index (κ3) is 10.2. The third-order valence-electron chi connectivity index (χ3n) is 4.39. The van der Waals surface area contributed by atoms with Crippen LogP contribution in [-0.2, 0) is 0 Å². The Kier molecular flexibility index (Phi) is 12.6. The first-order valence-electron chi connectivity index (χ1n) is 8.84. The number of rotatable bonds is 13. The molecule has 0 aromatic rings. The summed E-state index contributed by atoms with van der Waals surface area (Å²) in [5, 5.41) is 0. The average Bonchev–Trinajstić information content (AvgIpc) is 2.38. The minimum Gasteiger partial charge on any atom is -0.0999 e. The molecule has 0 rings (SSSR count). The molecule has 0 nitrogen and oxygen atoms in total. The lowest BCUT2D eigenvalue weighted by Gasteiger charge is -2.18. The highest BCUT2D eigenvalue weighted by Crippen LogP contribution is 2.25. The van der Waals surface area contributed by atoms with Gasteiger partial charge >= 0.3 is 0 Å². The van der Waals surface area contributed by atoms with Crippen molar-refractivity contribution in [2.45, 2.75) is 98.3 Å². The van der Waals surface area contributed by atoms with Gasteiger partial charge < -0.3 is 0 Å². The van der Waals surface area contributed by atoms with Crippen LogP contribution in [0.5, 0.6) is 0 Å². The molecule has 0 aromatic carbocycles. The van der Waals surface area contributed by atoms with Gasteiger partial charge in [0.25, 0.3) is 0 Å². The smallest absolute Gasteiger partial charge is 0.0294 e. The summed E-state index contributed by atoms with van der Waals surface area (Å²) in [7, 11) is 0. The van der Waals surface area contributed by atoms with Gasteiger partial charge in [0.15, 0.2) is 0 Å². The van der Waals surface area contributed by atoms with E-state index in [1.165, 1.54) is 76.2 Å². The highest BCUT2D eigenvalue weighted by Gasteiger charge is 2.10. The van der Waals surface area contributed by atoms with E-state index >= 15 is 0 Å². The van der Waals surface area contributed by atoms with Crippen LogP contribution in [-0.4, -0.2) is 0 Å². The SMILES string of the molecule is C=C(CCCC(CC)CCC)CC(CCC)CCC. The molecular weight excluding hydrogens is 228 g/mol. The van der Waals surface area contributed by atoms with Gasteiger partial charge in [0.05, 0.1) is 0 Å². The van der Waals surface area contributed by atoms with E-state index in [2.05, 4.69) is 34.3 Å². The van der Waals surface area contributed by atoms with Gasteiger partial charge in [-0.2, -0.15) is 0 Å². The predicted octanol–water partition coefficient (Wildman–Crippen LogP) is 7.15. The average molecular weight is 267 g/mol. The summed E-state index contributed by atoms with van der Waals surface area (Å²) in [6.07, 6.45) is 14.9. The molecule has 0 amide bonds. The lowest BCUT2D eigenvalue weighted by atomic mass is 9.88. The molecule has 0 aromatic heterocycles. The molecule has 0 aliphatic heterocycles. The third-order valence-corrected chi connectivity index (χ3v) is 4.39. The molecule has 0 heterocycles. The van der Waals surface area contributed by atoms with E-state index < -0.39 is 0 Å². The minimum absolute atomic E-state index is 0.903. The van der Waals surface area contributed by atoms with Crippen molar-refractivity contribution in [3.05, 3.63) is 12.2 Å². The van der Waals surface area contributed by atoms with Crippen molar-refractivity contribution in [1.82, 2.24) is 0 Å². The Balaban J connectivity index is 3.83. The standard InChI is InChI=1S/C19H38/c1-6-11-18(9-4)15-10-14-17(5)16-19(12-7-2)13-8-3/h18-19H,5-16H2,1-4H3.